The summed E-state index contributed by atoms with van der Waals surface area (Å²) in [6.45, 7) is 8.32. The Balaban J connectivity index is 2.35. The summed E-state index contributed by atoms with van der Waals surface area (Å²) in [5, 5.41) is 0. The number of nitrogens with zero attached hydrogens (tertiary/aromatic N) is 2. The van der Waals surface area contributed by atoms with Crippen molar-refractivity contribution >= 4 is 17.7 Å². The van der Waals surface area contributed by atoms with Crippen molar-refractivity contribution in [1.29, 1.82) is 0 Å². The molecule has 4 heteroatoms. The smallest absolute Gasteiger partial charge is 0.0621 e. The third kappa shape index (κ3) is 3.93. The van der Waals surface area contributed by atoms with E-state index in [4.69, 9.17) is 4.74 Å². The van der Waals surface area contributed by atoms with Crippen LogP contribution in [0, 0.1) is 0 Å². The number of rotatable bonds is 4. The molecule has 1 fully saturated rings. The summed E-state index contributed by atoms with van der Waals surface area (Å²) in [7, 11) is 0. The molecule has 0 aliphatic carbocycles. The van der Waals surface area contributed by atoms with Crippen molar-refractivity contribution in [3.05, 3.63) is 12.7 Å². The average molecular weight is 200 g/mol. The van der Waals surface area contributed by atoms with Gasteiger partial charge in [0.2, 0.25) is 0 Å². The van der Waals surface area contributed by atoms with Gasteiger partial charge < -0.3 is 4.74 Å². The Labute approximate surface area is 84.0 Å². The lowest BCUT2D eigenvalue weighted by molar-refractivity contribution is 0.0454. The predicted molar refractivity (Wildman–Crippen MR) is 58.4 cm³/mol. The molecule has 0 bridgehead atoms. The first-order valence-electron chi connectivity index (χ1n) is 4.39. The fraction of sp³-hybridized carbons (Fsp3) is 0.667. The summed E-state index contributed by atoms with van der Waals surface area (Å²) in [6, 6.07) is 0. The van der Waals surface area contributed by atoms with Gasteiger partial charge in [-0.25, -0.2) is 4.40 Å². The fourth-order valence-corrected chi connectivity index (χ4v) is 1.60. The van der Waals surface area contributed by atoms with E-state index in [9.17, 15) is 0 Å². The van der Waals surface area contributed by atoms with Gasteiger partial charge in [0.25, 0.3) is 0 Å². The van der Waals surface area contributed by atoms with Crippen LogP contribution in [0.3, 0.4) is 0 Å². The summed E-state index contributed by atoms with van der Waals surface area (Å²) < 4.78 is 9.53. The van der Waals surface area contributed by atoms with E-state index >= 15 is 0 Å². The SMILES string of the molecule is C=C/C(CN1CCOCC1)=N\SC. The number of hydrogen-bond donors (Lipinski definition) is 0. The van der Waals surface area contributed by atoms with Gasteiger partial charge in [-0.05, 0) is 18.0 Å². The maximum absolute atomic E-state index is 5.26. The summed E-state index contributed by atoms with van der Waals surface area (Å²) in [6.07, 6.45) is 3.79. The Hall–Kier alpha value is -0.320. The zero-order valence-electron chi connectivity index (χ0n) is 8.03. The average Bonchev–Trinajstić information content (AvgIpc) is 2.19. The van der Waals surface area contributed by atoms with Gasteiger partial charge in [-0.3, -0.25) is 4.90 Å². The minimum Gasteiger partial charge on any atom is -0.379 e. The highest BCUT2D eigenvalue weighted by molar-refractivity contribution is 7.97. The molecule has 0 aromatic carbocycles. The molecule has 0 unspecified atom stereocenters. The second-order valence-electron chi connectivity index (χ2n) is 2.86. The summed E-state index contributed by atoms with van der Waals surface area (Å²) in [5.41, 5.74) is 1.05. The summed E-state index contributed by atoms with van der Waals surface area (Å²) in [5.74, 6) is 0. The molecular weight excluding hydrogens is 184 g/mol. The fourth-order valence-electron chi connectivity index (χ4n) is 1.24. The largest absolute Gasteiger partial charge is 0.379 e. The predicted octanol–water partition coefficient (Wildman–Crippen LogP) is 1.22. The van der Waals surface area contributed by atoms with Crippen molar-refractivity contribution in [3.8, 4) is 0 Å². The standard InChI is InChI=1S/C9H16N2OS/c1-3-9(10-13-2)8-11-4-6-12-7-5-11/h3H,1,4-8H2,2H3/b10-9+. The van der Waals surface area contributed by atoms with Crippen LogP contribution in [0.15, 0.2) is 17.1 Å². The first kappa shape index (κ1) is 10.8. The highest BCUT2D eigenvalue weighted by Crippen LogP contribution is 2.01. The van der Waals surface area contributed by atoms with Gasteiger partial charge >= 0.3 is 0 Å². The van der Waals surface area contributed by atoms with Crippen LogP contribution in [0.1, 0.15) is 0 Å². The third-order valence-electron chi connectivity index (χ3n) is 1.93. The zero-order chi connectivity index (χ0) is 9.52. The van der Waals surface area contributed by atoms with Crippen molar-refractivity contribution in [2.75, 3.05) is 39.1 Å². The quantitative estimate of drug-likeness (QED) is 0.504. The van der Waals surface area contributed by atoms with E-state index < -0.39 is 0 Å². The molecule has 0 atom stereocenters. The first-order chi connectivity index (χ1) is 6.36. The van der Waals surface area contributed by atoms with E-state index in [0.717, 1.165) is 38.6 Å². The lowest BCUT2D eigenvalue weighted by Gasteiger charge is -2.26. The maximum atomic E-state index is 5.26. The van der Waals surface area contributed by atoms with Gasteiger partial charge in [-0.2, -0.15) is 0 Å². The molecule has 1 aliphatic heterocycles. The molecule has 0 radical (unpaired) electrons. The minimum absolute atomic E-state index is 0.837. The van der Waals surface area contributed by atoms with Gasteiger partial charge in [0.05, 0.1) is 18.9 Å². The van der Waals surface area contributed by atoms with Crippen LogP contribution in [0.25, 0.3) is 0 Å². The van der Waals surface area contributed by atoms with Crippen LogP contribution < -0.4 is 0 Å². The molecule has 0 amide bonds. The topological polar surface area (TPSA) is 24.8 Å². The van der Waals surface area contributed by atoms with Gasteiger partial charge in [-0.15, -0.1) is 0 Å². The van der Waals surface area contributed by atoms with E-state index in [0.29, 0.717) is 0 Å². The van der Waals surface area contributed by atoms with Crippen LogP contribution >= 0.6 is 11.9 Å². The highest BCUT2D eigenvalue weighted by Gasteiger charge is 2.10. The summed E-state index contributed by atoms with van der Waals surface area (Å²) >= 11 is 1.48. The van der Waals surface area contributed by atoms with E-state index in [-0.39, 0.29) is 0 Å². The van der Waals surface area contributed by atoms with Gasteiger partial charge in [0, 0.05) is 25.9 Å². The Morgan fingerprint density at radius 2 is 2.31 bits per heavy atom. The molecule has 1 heterocycles. The monoisotopic (exact) mass is 200 g/mol. The number of morpholine rings is 1. The molecule has 1 saturated heterocycles. The molecule has 0 saturated carbocycles. The molecule has 74 valence electrons. The molecule has 0 aromatic heterocycles. The van der Waals surface area contributed by atoms with Crippen LogP contribution in [0.2, 0.25) is 0 Å². The van der Waals surface area contributed by atoms with Crippen molar-refractivity contribution in [3.63, 3.8) is 0 Å². The van der Waals surface area contributed by atoms with E-state index in [1.807, 2.05) is 12.3 Å². The lowest BCUT2D eigenvalue weighted by Crippen LogP contribution is -2.39. The molecule has 0 N–H and O–H groups in total. The first-order valence-corrected chi connectivity index (χ1v) is 5.57. The molecule has 1 aliphatic rings. The van der Waals surface area contributed by atoms with Crippen molar-refractivity contribution < 1.29 is 4.74 Å². The number of ether oxygens (including phenoxy) is 1. The minimum atomic E-state index is 0.837. The van der Waals surface area contributed by atoms with Crippen LogP contribution in [0.4, 0.5) is 0 Å². The summed E-state index contributed by atoms with van der Waals surface area (Å²) in [4.78, 5) is 2.33. The normalized spacial score (nSPS) is 20.2. The van der Waals surface area contributed by atoms with Crippen LogP contribution in [0.5, 0.6) is 0 Å². The van der Waals surface area contributed by atoms with Gasteiger partial charge in [0.1, 0.15) is 0 Å². The number of hydrogen-bond acceptors (Lipinski definition) is 4. The Kier molecular flexibility index (Phi) is 5.12. The molecular formula is C9H16N2OS. The van der Waals surface area contributed by atoms with E-state index in [1.165, 1.54) is 11.9 Å². The Bertz CT molecular complexity index is 188. The van der Waals surface area contributed by atoms with Crippen molar-refractivity contribution in [1.82, 2.24) is 4.90 Å². The molecule has 0 aromatic rings. The molecule has 0 spiro atoms. The second-order valence-corrected chi connectivity index (χ2v) is 3.41. The van der Waals surface area contributed by atoms with Crippen molar-refractivity contribution in [2.24, 2.45) is 4.40 Å². The lowest BCUT2D eigenvalue weighted by atomic mass is 10.3. The van der Waals surface area contributed by atoms with Crippen LogP contribution in [-0.4, -0.2) is 49.7 Å². The van der Waals surface area contributed by atoms with Gasteiger partial charge in [-0.1, -0.05) is 6.58 Å². The van der Waals surface area contributed by atoms with Gasteiger partial charge in [0.15, 0.2) is 0 Å². The molecule has 1 rings (SSSR count). The second kappa shape index (κ2) is 6.18. The van der Waals surface area contributed by atoms with Crippen LogP contribution in [-0.2, 0) is 4.74 Å². The Morgan fingerprint density at radius 1 is 1.62 bits per heavy atom. The van der Waals surface area contributed by atoms with E-state index in [2.05, 4.69) is 15.9 Å². The zero-order valence-corrected chi connectivity index (χ0v) is 8.85. The third-order valence-corrected chi connectivity index (χ3v) is 2.35. The maximum Gasteiger partial charge on any atom is 0.0621 e. The van der Waals surface area contributed by atoms with Crippen molar-refractivity contribution in [2.45, 2.75) is 0 Å². The Morgan fingerprint density at radius 3 is 2.85 bits per heavy atom. The molecule has 13 heavy (non-hydrogen) atoms. The molecule has 3 nitrogen and oxygen atoms in total. The highest BCUT2D eigenvalue weighted by atomic mass is 32.2. The van der Waals surface area contributed by atoms with E-state index in [1.54, 1.807) is 0 Å².